The van der Waals surface area contributed by atoms with Gasteiger partial charge in [-0.3, -0.25) is 9.59 Å². The van der Waals surface area contributed by atoms with Crippen LogP contribution in [0.2, 0.25) is 0 Å². The van der Waals surface area contributed by atoms with E-state index in [-0.39, 0.29) is 11.3 Å². The first kappa shape index (κ1) is 25.7. The molecule has 0 fully saturated rings. The standard InChI is InChI=1S/C28H31FN2O4S/c1-28(2,3)17-8-12-20-23(14-17)36-27(31-25(32)16-6-9-18(29)10-7-16)24(20)26(33)30-21-15-19(34-4)11-13-22(21)35-5/h6-7,9-11,13,15,17H,8,12,14H2,1-5H3,(H,30,33)(H,31,32). The minimum atomic E-state index is -0.418. The predicted molar refractivity (Wildman–Crippen MR) is 141 cm³/mol. The molecule has 0 spiro atoms. The first-order valence-corrected chi connectivity index (χ1v) is 12.7. The fourth-order valence-electron chi connectivity index (χ4n) is 4.53. The normalized spacial score (nSPS) is 15.1. The molecule has 2 aromatic carbocycles. The van der Waals surface area contributed by atoms with Gasteiger partial charge in [-0.1, -0.05) is 20.8 Å². The van der Waals surface area contributed by atoms with Gasteiger partial charge in [0.1, 0.15) is 22.3 Å². The summed E-state index contributed by atoms with van der Waals surface area (Å²) in [5.41, 5.74) is 2.35. The van der Waals surface area contributed by atoms with E-state index in [1.165, 1.54) is 42.7 Å². The Balaban J connectivity index is 1.71. The van der Waals surface area contributed by atoms with Crippen LogP contribution in [0.25, 0.3) is 0 Å². The van der Waals surface area contributed by atoms with Crippen molar-refractivity contribution in [3.05, 3.63) is 69.8 Å². The molecule has 0 saturated carbocycles. The number of halogens is 1. The molecule has 6 nitrogen and oxygen atoms in total. The van der Waals surface area contributed by atoms with E-state index < -0.39 is 11.7 Å². The Morgan fingerprint density at radius 2 is 1.72 bits per heavy atom. The van der Waals surface area contributed by atoms with Crippen molar-refractivity contribution in [3.63, 3.8) is 0 Å². The second-order valence-electron chi connectivity index (χ2n) is 10.00. The van der Waals surface area contributed by atoms with Crippen LogP contribution in [0.3, 0.4) is 0 Å². The molecule has 0 aliphatic heterocycles. The number of carbonyl (C=O) groups excluding carboxylic acids is 2. The van der Waals surface area contributed by atoms with Crippen molar-refractivity contribution in [1.82, 2.24) is 0 Å². The summed E-state index contributed by atoms with van der Waals surface area (Å²) >= 11 is 1.44. The fraction of sp³-hybridized carbons (Fsp3) is 0.357. The minimum Gasteiger partial charge on any atom is -0.497 e. The Morgan fingerprint density at radius 3 is 2.36 bits per heavy atom. The molecule has 190 valence electrons. The van der Waals surface area contributed by atoms with Gasteiger partial charge in [-0.25, -0.2) is 4.39 Å². The molecular weight excluding hydrogens is 479 g/mol. The fourth-order valence-corrected chi connectivity index (χ4v) is 5.85. The van der Waals surface area contributed by atoms with Gasteiger partial charge < -0.3 is 20.1 Å². The number of hydrogen-bond donors (Lipinski definition) is 2. The molecule has 1 aliphatic carbocycles. The van der Waals surface area contributed by atoms with E-state index in [0.29, 0.717) is 39.2 Å². The lowest BCUT2D eigenvalue weighted by Crippen LogP contribution is -2.27. The zero-order valence-electron chi connectivity index (χ0n) is 21.2. The van der Waals surface area contributed by atoms with E-state index in [1.807, 2.05) is 0 Å². The van der Waals surface area contributed by atoms with Gasteiger partial charge >= 0.3 is 0 Å². The lowest BCUT2D eigenvalue weighted by molar-refractivity contribution is 0.102. The van der Waals surface area contributed by atoms with Crippen molar-refractivity contribution in [2.45, 2.75) is 40.0 Å². The van der Waals surface area contributed by atoms with Crippen molar-refractivity contribution in [3.8, 4) is 11.5 Å². The monoisotopic (exact) mass is 510 g/mol. The second-order valence-corrected chi connectivity index (χ2v) is 11.1. The number of thiophene rings is 1. The number of hydrogen-bond acceptors (Lipinski definition) is 5. The summed E-state index contributed by atoms with van der Waals surface area (Å²) in [6.45, 7) is 6.70. The lowest BCUT2D eigenvalue weighted by atomic mass is 9.72. The third-order valence-corrected chi connectivity index (χ3v) is 7.88. The van der Waals surface area contributed by atoms with Crippen LogP contribution in [0.5, 0.6) is 11.5 Å². The summed E-state index contributed by atoms with van der Waals surface area (Å²) in [6, 6.07) is 10.5. The van der Waals surface area contributed by atoms with Gasteiger partial charge in [-0.2, -0.15) is 0 Å². The van der Waals surface area contributed by atoms with Gasteiger partial charge in [0.15, 0.2) is 0 Å². The van der Waals surface area contributed by atoms with Crippen LogP contribution in [0.15, 0.2) is 42.5 Å². The number of rotatable bonds is 6. The maximum absolute atomic E-state index is 13.7. The van der Waals surface area contributed by atoms with E-state index in [0.717, 1.165) is 29.7 Å². The van der Waals surface area contributed by atoms with Crippen molar-refractivity contribution < 1.29 is 23.5 Å². The quantitative estimate of drug-likeness (QED) is 0.394. The Labute approximate surface area is 214 Å². The van der Waals surface area contributed by atoms with Gasteiger partial charge in [-0.15, -0.1) is 11.3 Å². The summed E-state index contributed by atoms with van der Waals surface area (Å²) < 4.78 is 24.1. The van der Waals surface area contributed by atoms with Crippen LogP contribution in [0, 0.1) is 17.2 Å². The molecule has 36 heavy (non-hydrogen) atoms. The minimum absolute atomic E-state index is 0.135. The van der Waals surface area contributed by atoms with Crippen LogP contribution in [0.1, 0.15) is 58.3 Å². The molecular formula is C28H31FN2O4S. The largest absolute Gasteiger partial charge is 0.497 e. The van der Waals surface area contributed by atoms with E-state index >= 15 is 0 Å². The SMILES string of the molecule is COc1ccc(OC)c(NC(=O)c2c(NC(=O)c3ccc(F)cc3)sc3c2CCC(C(C)(C)C)C3)c1. The molecule has 4 rings (SSSR count). The molecule has 1 unspecified atom stereocenters. The number of fused-ring (bicyclic) bond motifs is 1. The Morgan fingerprint density at radius 1 is 1.00 bits per heavy atom. The predicted octanol–water partition coefficient (Wildman–Crippen LogP) is 6.56. The molecule has 0 saturated heterocycles. The Kier molecular flexibility index (Phi) is 7.36. The Bertz CT molecular complexity index is 1280. The third-order valence-electron chi connectivity index (χ3n) is 6.71. The number of carbonyl (C=O) groups is 2. The van der Waals surface area contributed by atoms with Crippen LogP contribution >= 0.6 is 11.3 Å². The smallest absolute Gasteiger partial charge is 0.259 e. The molecule has 2 N–H and O–H groups in total. The molecule has 2 amide bonds. The zero-order chi connectivity index (χ0) is 26.0. The lowest BCUT2D eigenvalue weighted by Gasteiger charge is -2.33. The molecule has 0 radical (unpaired) electrons. The van der Waals surface area contributed by atoms with E-state index in [9.17, 15) is 14.0 Å². The summed E-state index contributed by atoms with van der Waals surface area (Å²) in [4.78, 5) is 27.8. The maximum atomic E-state index is 13.7. The van der Waals surface area contributed by atoms with Crippen molar-refractivity contribution in [2.24, 2.45) is 11.3 Å². The highest BCUT2D eigenvalue weighted by atomic mass is 32.1. The summed E-state index contributed by atoms with van der Waals surface area (Å²) in [5, 5.41) is 6.36. The topological polar surface area (TPSA) is 76.7 Å². The highest BCUT2D eigenvalue weighted by Gasteiger charge is 2.34. The number of anilines is 2. The summed E-state index contributed by atoms with van der Waals surface area (Å²) in [6.07, 6.45) is 2.55. The number of nitrogens with one attached hydrogen (secondary N) is 2. The Hall–Kier alpha value is -3.39. The molecule has 1 aliphatic rings. The molecule has 0 bridgehead atoms. The van der Waals surface area contributed by atoms with Crippen LogP contribution in [0.4, 0.5) is 15.1 Å². The van der Waals surface area contributed by atoms with Crippen molar-refractivity contribution >= 4 is 33.8 Å². The number of ether oxygens (including phenoxy) is 2. The van der Waals surface area contributed by atoms with Gasteiger partial charge in [-0.05, 0) is 72.6 Å². The first-order valence-electron chi connectivity index (χ1n) is 11.9. The number of benzene rings is 2. The molecule has 1 heterocycles. The highest BCUT2D eigenvalue weighted by molar-refractivity contribution is 7.17. The van der Waals surface area contributed by atoms with Gasteiger partial charge in [0.05, 0.1) is 25.5 Å². The van der Waals surface area contributed by atoms with Crippen molar-refractivity contribution in [1.29, 1.82) is 0 Å². The molecule has 1 atom stereocenters. The number of amides is 2. The van der Waals surface area contributed by atoms with Crippen LogP contribution < -0.4 is 20.1 Å². The number of methoxy groups -OCH3 is 2. The second kappa shape index (κ2) is 10.3. The van der Waals surface area contributed by atoms with Crippen molar-refractivity contribution in [2.75, 3.05) is 24.9 Å². The average Bonchev–Trinajstić information content (AvgIpc) is 3.20. The van der Waals surface area contributed by atoms with Crippen LogP contribution in [-0.4, -0.2) is 26.0 Å². The zero-order valence-corrected chi connectivity index (χ0v) is 22.0. The van der Waals surface area contributed by atoms with Gasteiger partial charge in [0, 0.05) is 16.5 Å². The van der Waals surface area contributed by atoms with Gasteiger partial charge in [0.2, 0.25) is 0 Å². The summed E-state index contributed by atoms with van der Waals surface area (Å²) in [7, 11) is 3.09. The first-order chi connectivity index (χ1) is 17.1. The molecule has 3 aromatic rings. The highest BCUT2D eigenvalue weighted by Crippen LogP contribution is 2.45. The van der Waals surface area contributed by atoms with E-state index in [1.54, 1.807) is 25.3 Å². The molecule has 1 aromatic heterocycles. The maximum Gasteiger partial charge on any atom is 0.259 e. The molecule has 8 heteroatoms. The van der Waals surface area contributed by atoms with Crippen LogP contribution in [-0.2, 0) is 12.8 Å². The van der Waals surface area contributed by atoms with E-state index in [2.05, 4.69) is 31.4 Å². The third kappa shape index (κ3) is 5.38. The summed E-state index contributed by atoms with van der Waals surface area (Å²) in [5.74, 6) is 0.406. The van der Waals surface area contributed by atoms with E-state index in [4.69, 9.17) is 9.47 Å². The average molecular weight is 511 g/mol. The van der Waals surface area contributed by atoms with Gasteiger partial charge in [0.25, 0.3) is 11.8 Å².